The Morgan fingerprint density at radius 1 is 1.47 bits per heavy atom. The van der Waals surface area contributed by atoms with Crippen LogP contribution in [0.5, 0.6) is 5.75 Å². The summed E-state index contributed by atoms with van der Waals surface area (Å²) >= 11 is 6.19. The van der Waals surface area contributed by atoms with Gasteiger partial charge in [-0.1, -0.05) is 17.7 Å². The maximum absolute atomic E-state index is 6.19. The molecule has 19 heavy (non-hydrogen) atoms. The first kappa shape index (κ1) is 13.8. The number of hydrogen-bond acceptors (Lipinski definition) is 4. The lowest BCUT2D eigenvalue weighted by Gasteiger charge is -2.15. The third kappa shape index (κ3) is 3.05. The fourth-order valence-electron chi connectivity index (χ4n) is 1.93. The first-order valence-corrected chi connectivity index (χ1v) is 6.40. The summed E-state index contributed by atoms with van der Waals surface area (Å²) in [5.74, 6) is 1.66. The summed E-state index contributed by atoms with van der Waals surface area (Å²) in [5, 5.41) is 12.0. The van der Waals surface area contributed by atoms with E-state index in [1.54, 1.807) is 13.4 Å². The number of benzene rings is 1. The summed E-state index contributed by atoms with van der Waals surface area (Å²) in [6, 6.07) is 5.70. The standard InChI is InChI=1S/C13H17ClN4O/c1-9(13-17-16-8-18(13)2)15-7-10-11(14)5-4-6-12(10)19-3/h4-6,8-9,15H,7H2,1-3H3. The quantitative estimate of drug-likeness (QED) is 0.913. The molecule has 0 aliphatic carbocycles. The fraction of sp³-hybridized carbons (Fsp3) is 0.385. The molecule has 0 spiro atoms. The van der Waals surface area contributed by atoms with Crippen molar-refractivity contribution in [3.05, 3.63) is 40.9 Å². The summed E-state index contributed by atoms with van der Waals surface area (Å²) in [7, 11) is 3.56. The molecule has 0 radical (unpaired) electrons. The molecule has 0 aliphatic heterocycles. The molecule has 1 heterocycles. The zero-order chi connectivity index (χ0) is 13.8. The largest absolute Gasteiger partial charge is 0.496 e. The predicted octanol–water partition coefficient (Wildman–Crippen LogP) is 2.33. The van der Waals surface area contributed by atoms with Gasteiger partial charge in [0, 0.05) is 24.2 Å². The number of nitrogens with one attached hydrogen (secondary N) is 1. The summed E-state index contributed by atoms with van der Waals surface area (Å²) in [4.78, 5) is 0. The SMILES string of the molecule is COc1cccc(Cl)c1CNC(C)c1nncn1C. The molecule has 0 fully saturated rings. The Hall–Kier alpha value is -1.59. The van der Waals surface area contributed by atoms with Crippen LogP contribution in [0.2, 0.25) is 5.02 Å². The molecule has 0 aliphatic rings. The number of aromatic nitrogens is 3. The van der Waals surface area contributed by atoms with Crippen LogP contribution < -0.4 is 10.1 Å². The molecular formula is C13H17ClN4O. The molecule has 6 heteroatoms. The van der Waals surface area contributed by atoms with Gasteiger partial charge in [-0.2, -0.15) is 0 Å². The number of hydrogen-bond donors (Lipinski definition) is 1. The number of methoxy groups -OCH3 is 1. The van der Waals surface area contributed by atoms with E-state index in [0.29, 0.717) is 11.6 Å². The summed E-state index contributed by atoms with van der Waals surface area (Å²) in [6.07, 6.45) is 1.68. The topological polar surface area (TPSA) is 52.0 Å². The van der Waals surface area contributed by atoms with Gasteiger partial charge in [-0.25, -0.2) is 0 Å². The fourth-order valence-corrected chi connectivity index (χ4v) is 2.16. The second kappa shape index (κ2) is 6.04. The van der Waals surface area contributed by atoms with E-state index in [1.807, 2.05) is 36.7 Å². The molecule has 5 nitrogen and oxygen atoms in total. The van der Waals surface area contributed by atoms with E-state index in [-0.39, 0.29) is 6.04 Å². The zero-order valence-corrected chi connectivity index (χ0v) is 12.0. The van der Waals surface area contributed by atoms with E-state index in [0.717, 1.165) is 17.1 Å². The molecular weight excluding hydrogens is 264 g/mol. The molecule has 1 unspecified atom stereocenters. The van der Waals surface area contributed by atoms with Crippen LogP contribution in [0.1, 0.15) is 24.4 Å². The van der Waals surface area contributed by atoms with Gasteiger partial charge in [-0.3, -0.25) is 0 Å². The summed E-state index contributed by atoms with van der Waals surface area (Å²) in [5.41, 5.74) is 0.945. The zero-order valence-electron chi connectivity index (χ0n) is 11.2. The van der Waals surface area contributed by atoms with Gasteiger partial charge in [0.15, 0.2) is 0 Å². The van der Waals surface area contributed by atoms with Gasteiger partial charge in [-0.15, -0.1) is 10.2 Å². The molecule has 0 amide bonds. The minimum Gasteiger partial charge on any atom is -0.496 e. The number of rotatable bonds is 5. The van der Waals surface area contributed by atoms with Crippen molar-refractivity contribution in [2.45, 2.75) is 19.5 Å². The lowest BCUT2D eigenvalue weighted by atomic mass is 10.2. The van der Waals surface area contributed by atoms with E-state index >= 15 is 0 Å². The van der Waals surface area contributed by atoms with Crippen LogP contribution in [0.4, 0.5) is 0 Å². The Bertz CT molecular complexity index is 555. The monoisotopic (exact) mass is 280 g/mol. The van der Waals surface area contributed by atoms with Crippen molar-refractivity contribution in [3.8, 4) is 5.75 Å². The van der Waals surface area contributed by atoms with E-state index in [4.69, 9.17) is 16.3 Å². The van der Waals surface area contributed by atoms with E-state index < -0.39 is 0 Å². The number of ether oxygens (including phenoxy) is 1. The van der Waals surface area contributed by atoms with Crippen LogP contribution in [0.15, 0.2) is 24.5 Å². The Morgan fingerprint density at radius 2 is 2.26 bits per heavy atom. The van der Waals surface area contributed by atoms with E-state index in [9.17, 15) is 0 Å². The Balaban J connectivity index is 2.09. The number of halogens is 1. The highest BCUT2D eigenvalue weighted by Crippen LogP contribution is 2.26. The highest BCUT2D eigenvalue weighted by atomic mass is 35.5. The van der Waals surface area contributed by atoms with Crippen LogP contribution in [-0.4, -0.2) is 21.9 Å². The van der Waals surface area contributed by atoms with Crippen LogP contribution >= 0.6 is 11.6 Å². The van der Waals surface area contributed by atoms with Crippen molar-refractivity contribution < 1.29 is 4.74 Å². The van der Waals surface area contributed by atoms with Gasteiger partial charge in [0.2, 0.25) is 0 Å². The number of aryl methyl sites for hydroxylation is 1. The molecule has 102 valence electrons. The first-order valence-electron chi connectivity index (χ1n) is 6.02. The smallest absolute Gasteiger partial charge is 0.149 e. The lowest BCUT2D eigenvalue weighted by molar-refractivity contribution is 0.405. The van der Waals surface area contributed by atoms with Crippen molar-refractivity contribution in [1.82, 2.24) is 20.1 Å². The van der Waals surface area contributed by atoms with Gasteiger partial charge < -0.3 is 14.6 Å². The Labute approximate surface area is 117 Å². The van der Waals surface area contributed by atoms with Gasteiger partial charge in [-0.05, 0) is 19.1 Å². The third-order valence-electron chi connectivity index (χ3n) is 3.01. The average molecular weight is 281 g/mol. The molecule has 0 bridgehead atoms. The van der Waals surface area contributed by atoms with Gasteiger partial charge in [0.05, 0.1) is 13.2 Å². The maximum atomic E-state index is 6.19. The van der Waals surface area contributed by atoms with E-state index in [2.05, 4.69) is 15.5 Å². The molecule has 1 aromatic heterocycles. The molecule has 1 N–H and O–H groups in total. The molecule has 1 atom stereocenters. The highest BCUT2D eigenvalue weighted by Gasteiger charge is 2.13. The normalized spacial score (nSPS) is 12.4. The van der Waals surface area contributed by atoms with Crippen LogP contribution in [0, 0.1) is 0 Å². The van der Waals surface area contributed by atoms with Crippen molar-refractivity contribution in [1.29, 1.82) is 0 Å². The summed E-state index contributed by atoms with van der Waals surface area (Å²) in [6.45, 7) is 2.64. The van der Waals surface area contributed by atoms with Crippen molar-refractivity contribution in [2.75, 3.05) is 7.11 Å². The maximum Gasteiger partial charge on any atom is 0.149 e. The Morgan fingerprint density at radius 3 is 2.89 bits per heavy atom. The van der Waals surface area contributed by atoms with Crippen molar-refractivity contribution in [2.24, 2.45) is 7.05 Å². The molecule has 2 aromatic rings. The first-order chi connectivity index (χ1) is 9.13. The average Bonchev–Trinajstić information content (AvgIpc) is 2.83. The van der Waals surface area contributed by atoms with Gasteiger partial charge >= 0.3 is 0 Å². The second-order valence-electron chi connectivity index (χ2n) is 4.32. The Kier molecular flexibility index (Phi) is 4.39. The predicted molar refractivity (Wildman–Crippen MR) is 74.3 cm³/mol. The second-order valence-corrected chi connectivity index (χ2v) is 4.73. The molecule has 0 saturated heterocycles. The highest BCUT2D eigenvalue weighted by molar-refractivity contribution is 6.31. The van der Waals surface area contributed by atoms with Crippen LogP contribution in [0.25, 0.3) is 0 Å². The number of nitrogens with zero attached hydrogens (tertiary/aromatic N) is 3. The van der Waals surface area contributed by atoms with Crippen LogP contribution in [0.3, 0.4) is 0 Å². The minimum atomic E-state index is 0.0773. The lowest BCUT2D eigenvalue weighted by Crippen LogP contribution is -2.21. The van der Waals surface area contributed by atoms with Crippen molar-refractivity contribution in [3.63, 3.8) is 0 Å². The third-order valence-corrected chi connectivity index (χ3v) is 3.37. The van der Waals surface area contributed by atoms with Gasteiger partial charge in [0.1, 0.15) is 17.9 Å². The molecule has 2 rings (SSSR count). The van der Waals surface area contributed by atoms with E-state index in [1.165, 1.54) is 0 Å². The van der Waals surface area contributed by atoms with Crippen LogP contribution in [-0.2, 0) is 13.6 Å². The molecule has 1 aromatic carbocycles. The summed E-state index contributed by atoms with van der Waals surface area (Å²) < 4.78 is 7.21. The van der Waals surface area contributed by atoms with Crippen molar-refractivity contribution >= 4 is 11.6 Å². The molecule has 0 saturated carbocycles. The minimum absolute atomic E-state index is 0.0773. The van der Waals surface area contributed by atoms with Gasteiger partial charge in [0.25, 0.3) is 0 Å².